The van der Waals surface area contributed by atoms with Crippen LogP contribution < -0.4 is 10.1 Å². The predicted molar refractivity (Wildman–Crippen MR) is 93.2 cm³/mol. The molecule has 0 atom stereocenters. The van der Waals surface area contributed by atoms with Crippen LogP contribution in [0.4, 0.5) is 0 Å². The maximum Gasteiger partial charge on any atom is 0.125 e. The molecule has 2 nitrogen and oxygen atoms in total. The molecule has 1 N–H and O–H groups in total. The van der Waals surface area contributed by atoms with Gasteiger partial charge in [-0.3, -0.25) is 0 Å². The molecule has 0 radical (unpaired) electrons. The summed E-state index contributed by atoms with van der Waals surface area (Å²) >= 11 is 3.63. The normalized spacial score (nSPS) is 14.1. The van der Waals surface area contributed by atoms with Crippen molar-refractivity contribution in [1.82, 2.24) is 5.32 Å². The Balaban J connectivity index is 1.90. The molecule has 3 heteroatoms. The highest BCUT2D eigenvalue weighted by Gasteiger charge is 2.21. The summed E-state index contributed by atoms with van der Waals surface area (Å²) < 4.78 is 7.01. The Bertz CT molecular complexity index is 471. The number of hydrogen-bond acceptors (Lipinski definition) is 2. The average Bonchev–Trinajstić information content (AvgIpc) is 2.89. The Labute approximate surface area is 137 Å². The smallest absolute Gasteiger partial charge is 0.125 e. The molecule has 0 saturated carbocycles. The van der Waals surface area contributed by atoms with Crippen LogP contribution in [0.2, 0.25) is 0 Å². The Morgan fingerprint density at radius 2 is 2.05 bits per heavy atom. The largest absolute Gasteiger partial charge is 0.493 e. The third-order valence-electron chi connectivity index (χ3n) is 4.30. The zero-order valence-corrected chi connectivity index (χ0v) is 15.2. The molecule has 21 heavy (non-hydrogen) atoms. The molecule has 2 rings (SSSR count). The van der Waals surface area contributed by atoms with Gasteiger partial charge >= 0.3 is 0 Å². The lowest BCUT2D eigenvalue weighted by molar-refractivity contribution is 0.299. The highest BCUT2D eigenvalue weighted by molar-refractivity contribution is 9.10. The number of fused-ring (bicyclic) bond motifs is 1. The minimum Gasteiger partial charge on any atom is -0.493 e. The van der Waals surface area contributed by atoms with Crippen molar-refractivity contribution in [3.05, 3.63) is 27.7 Å². The lowest BCUT2D eigenvalue weighted by atomic mass is 9.83. The highest BCUT2D eigenvalue weighted by atomic mass is 79.9. The molecule has 1 aromatic rings. The van der Waals surface area contributed by atoms with Crippen molar-refractivity contribution >= 4 is 15.9 Å². The Kier molecular flexibility index (Phi) is 6.12. The second kappa shape index (κ2) is 7.64. The maximum absolute atomic E-state index is 5.83. The van der Waals surface area contributed by atoms with Gasteiger partial charge in [0.05, 0.1) is 6.61 Å². The van der Waals surface area contributed by atoms with Crippen molar-refractivity contribution in [2.45, 2.75) is 52.9 Å². The average molecular weight is 354 g/mol. The van der Waals surface area contributed by atoms with Gasteiger partial charge in [0.15, 0.2) is 0 Å². The van der Waals surface area contributed by atoms with E-state index in [0.29, 0.717) is 5.41 Å². The topological polar surface area (TPSA) is 21.3 Å². The molecule has 0 saturated heterocycles. The standard InChI is InChI=1S/C18H28BrNO/c1-4-9-20-10-8-18(2,3)7-5-14-12-16(19)13-15-6-11-21-17(14)15/h12-13,20H,4-11H2,1-3H3. The quantitative estimate of drug-likeness (QED) is 0.682. The van der Waals surface area contributed by atoms with Crippen LogP contribution in [0.3, 0.4) is 0 Å². The number of benzene rings is 1. The molecule has 1 aromatic carbocycles. The first-order valence-electron chi connectivity index (χ1n) is 8.16. The summed E-state index contributed by atoms with van der Waals surface area (Å²) in [4.78, 5) is 0. The minimum atomic E-state index is 0.370. The SMILES string of the molecule is CCCNCCC(C)(C)CCc1cc(Br)cc2c1OCC2. The van der Waals surface area contributed by atoms with Crippen LogP contribution in [-0.2, 0) is 12.8 Å². The fourth-order valence-electron chi connectivity index (χ4n) is 2.86. The molecule has 0 bridgehead atoms. The van der Waals surface area contributed by atoms with Crippen molar-refractivity contribution < 1.29 is 4.74 Å². The van der Waals surface area contributed by atoms with Gasteiger partial charge in [-0.2, -0.15) is 0 Å². The Morgan fingerprint density at radius 1 is 1.24 bits per heavy atom. The second-order valence-corrected chi connectivity index (χ2v) is 7.73. The van der Waals surface area contributed by atoms with Gasteiger partial charge in [0.1, 0.15) is 5.75 Å². The van der Waals surface area contributed by atoms with E-state index < -0.39 is 0 Å². The maximum atomic E-state index is 5.83. The summed E-state index contributed by atoms with van der Waals surface area (Å²) in [5.41, 5.74) is 3.10. The first kappa shape index (κ1) is 16.8. The Hall–Kier alpha value is -0.540. The van der Waals surface area contributed by atoms with Crippen LogP contribution in [0.5, 0.6) is 5.75 Å². The van der Waals surface area contributed by atoms with Gasteiger partial charge in [-0.15, -0.1) is 0 Å². The highest BCUT2D eigenvalue weighted by Crippen LogP contribution is 2.36. The summed E-state index contributed by atoms with van der Waals surface area (Å²) in [6, 6.07) is 4.43. The molecule has 118 valence electrons. The molecular formula is C18H28BrNO. The van der Waals surface area contributed by atoms with Crippen LogP contribution in [0, 0.1) is 5.41 Å². The molecule has 0 fully saturated rings. The van der Waals surface area contributed by atoms with Crippen molar-refractivity contribution in [3.8, 4) is 5.75 Å². The van der Waals surface area contributed by atoms with Gasteiger partial charge < -0.3 is 10.1 Å². The number of hydrogen-bond donors (Lipinski definition) is 1. The van der Waals surface area contributed by atoms with E-state index >= 15 is 0 Å². The van der Waals surface area contributed by atoms with E-state index in [-0.39, 0.29) is 0 Å². The summed E-state index contributed by atoms with van der Waals surface area (Å²) in [6.07, 6.45) is 5.79. The molecular weight excluding hydrogens is 326 g/mol. The first-order valence-corrected chi connectivity index (χ1v) is 8.96. The first-order chi connectivity index (χ1) is 10.0. The minimum absolute atomic E-state index is 0.370. The summed E-state index contributed by atoms with van der Waals surface area (Å²) in [5.74, 6) is 1.15. The van der Waals surface area contributed by atoms with E-state index in [4.69, 9.17) is 4.74 Å². The lowest BCUT2D eigenvalue weighted by Gasteiger charge is -2.25. The number of nitrogens with one attached hydrogen (secondary N) is 1. The van der Waals surface area contributed by atoms with E-state index in [2.05, 4.69) is 54.2 Å². The van der Waals surface area contributed by atoms with Crippen molar-refractivity contribution in [2.24, 2.45) is 5.41 Å². The predicted octanol–water partition coefficient (Wildman–Crippen LogP) is 4.73. The van der Waals surface area contributed by atoms with Gasteiger partial charge in [0.2, 0.25) is 0 Å². The second-order valence-electron chi connectivity index (χ2n) is 6.82. The molecule has 0 spiro atoms. The fraction of sp³-hybridized carbons (Fsp3) is 0.667. The third-order valence-corrected chi connectivity index (χ3v) is 4.76. The van der Waals surface area contributed by atoms with Crippen LogP contribution >= 0.6 is 15.9 Å². The summed E-state index contributed by atoms with van der Waals surface area (Å²) in [6.45, 7) is 10.0. The van der Waals surface area contributed by atoms with Crippen molar-refractivity contribution in [1.29, 1.82) is 0 Å². The number of rotatable bonds is 8. The van der Waals surface area contributed by atoms with Crippen LogP contribution in [0.1, 0.15) is 51.2 Å². The monoisotopic (exact) mass is 353 g/mol. The molecule has 0 aliphatic carbocycles. The molecule has 0 amide bonds. The van der Waals surface area contributed by atoms with Gasteiger partial charge in [-0.25, -0.2) is 0 Å². The van der Waals surface area contributed by atoms with E-state index in [0.717, 1.165) is 38.3 Å². The lowest BCUT2D eigenvalue weighted by Crippen LogP contribution is -2.23. The summed E-state index contributed by atoms with van der Waals surface area (Å²) in [5, 5.41) is 3.51. The number of ether oxygens (including phenoxy) is 1. The molecule has 1 aliphatic rings. The van der Waals surface area contributed by atoms with Gasteiger partial charge in [-0.05, 0) is 67.4 Å². The van der Waals surface area contributed by atoms with E-state index in [9.17, 15) is 0 Å². The van der Waals surface area contributed by atoms with E-state index in [1.54, 1.807) is 0 Å². The van der Waals surface area contributed by atoms with Crippen LogP contribution in [-0.4, -0.2) is 19.7 Å². The summed E-state index contributed by atoms with van der Waals surface area (Å²) in [7, 11) is 0. The van der Waals surface area contributed by atoms with Crippen molar-refractivity contribution in [2.75, 3.05) is 19.7 Å². The van der Waals surface area contributed by atoms with E-state index in [1.165, 1.54) is 34.9 Å². The Morgan fingerprint density at radius 3 is 2.81 bits per heavy atom. The zero-order valence-electron chi connectivity index (χ0n) is 13.6. The molecule has 0 unspecified atom stereocenters. The zero-order chi connectivity index (χ0) is 15.3. The van der Waals surface area contributed by atoms with Crippen LogP contribution in [0.15, 0.2) is 16.6 Å². The fourth-order valence-corrected chi connectivity index (χ4v) is 3.41. The van der Waals surface area contributed by atoms with Gasteiger partial charge in [0.25, 0.3) is 0 Å². The molecule has 1 heterocycles. The van der Waals surface area contributed by atoms with Crippen LogP contribution in [0.25, 0.3) is 0 Å². The van der Waals surface area contributed by atoms with Gasteiger partial charge in [0, 0.05) is 10.9 Å². The van der Waals surface area contributed by atoms with Gasteiger partial charge in [-0.1, -0.05) is 36.7 Å². The third kappa shape index (κ3) is 5.00. The molecule has 1 aliphatic heterocycles. The number of halogens is 1. The van der Waals surface area contributed by atoms with E-state index in [1.807, 2.05) is 0 Å². The number of aryl methyl sites for hydroxylation is 1. The molecule has 0 aromatic heterocycles. The van der Waals surface area contributed by atoms with Crippen molar-refractivity contribution in [3.63, 3.8) is 0 Å².